The fraction of sp³-hybridized carbons (Fsp3) is 0.375. The molecular formula is C24H28N2O4. The van der Waals surface area contributed by atoms with Gasteiger partial charge < -0.3 is 10.1 Å². The van der Waals surface area contributed by atoms with Crippen LogP contribution in [-0.2, 0) is 20.9 Å². The second kappa shape index (κ2) is 9.11. The van der Waals surface area contributed by atoms with Crippen LogP contribution in [0.1, 0.15) is 56.2 Å². The molecule has 158 valence electrons. The average molecular weight is 408 g/mol. The second-order valence-corrected chi connectivity index (χ2v) is 8.00. The van der Waals surface area contributed by atoms with E-state index in [4.69, 9.17) is 4.74 Å². The van der Waals surface area contributed by atoms with Gasteiger partial charge in [-0.3, -0.25) is 19.3 Å². The Hall–Kier alpha value is -3.15. The molecule has 6 heteroatoms. The molecule has 0 saturated carbocycles. The smallest absolute Gasteiger partial charge is 0.265 e. The van der Waals surface area contributed by atoms with Crippen LogP contribution < -0.4 is 10.1 Å². The van der Waals surface area contributed by atoms with E-state index in [0.29, 0.717) is 17.4 Å². The van der Waals surface area contributed by atoms with Crippen molar-refractivity contribution >= 4 is 23.4 Å². The largest absolute Gasteiger partial charge is 0.481 e. The highest BCUT2D eigenvalue weighted by Crippen LogP contribution is 2.25. The number of carbonyl (C=O) groups excluding carboxylic acids is 3. The van der Waals surface area contributed by atoms with Crippen LogP contribution in [0.3, 0.4) is 0 Å². The number of imide groups is 1. The molecular weight excluding hydrogens is 380 g/mol. The van der Waals surface area contributed by atoms with Gasteiger partial charge in [0.2, 0.25) is 11.8 Å². The van der Waals surface area contributed by atoms with E-state index in [0.717, 1.165) is 16.7 Å². The fourth-order valence-corrected chi connectivity index (χ4v) is 3.27. The number of anilines is 1. The highest BCUT2D eigenvalue weighted by Gasteiger charge is 2.28. The molecule has 0 radical (unpaired) electrons. The summed E-state index contributed by atoms with van der Waals surface area (Å²) in [5, 5.41) is 2.85. The van der Waals surface area contributed by atoms with Crippen molar-refractivity contribution in [2.45, 2.75) is 59.1 Å². The first kappa shape index (κ1) is 21.6. The Morgan fingerprint density at radius 2 is 1.67 bits per heavy atom. The van der Waals surface area contributed by atoms with Crippen LogP contribution >= 0.6 is 0 Å². The third-order valence-corrected chi connectivity index (χ3v) is 5.27. The zero-order valence-corrected chi connectivity index (χ0v) is 17.9. The van der Waals surface area contributed by atoms with E-state index >= 15 is 0 Å². The van der Waals surface area contributed by atoms with Crippen LogP contribution in [0.15, 0.2) is 42.5 Å². The number of hydrogen-bond acceptors (Lipinski definition) is 4. The van der Waals surface area contributed by atoms with Gasteiger partial charge in [-0.1, -0.05) is 38.1 Å². The highest BCUT2D eigenvalue weighted by atomic mass is 16.5. The Bertz CT molecular complexity index is 934. The van der Waals surface area contributed by atoms with E-state index in [1.165, 1.54) is 4.90 Å². The van der Waals surface area contributed by atoms with Gasteiger partial charge in [0.1, 0.15) is 5.75 Å². The van der Waals surface area contributed by atoms with Crippen molar-refractivity contribution in [3.05, 3.63) is 59.2 Å². The van der Waals surface area contributed by atoms with Crippen molar-refractivity contribution in [2.75, 3.05) is 5.32 Å². The normalized spacial score (nSPS) is 14.9. The number of likely N-dealkylation sites (tertiary alicyclic amines) is 1. The van der Waals surface area contributed by atoms with Crippen LogP contribution in [0.4, 0.5) is 5.69 Å². The molecule has 1 atom stereocenters. The third kappa shape index (κ3) is 5.06. The molecule has 1 aliphatic heterocycles. The van der Waals surface area contributed by atoms with Crippen molar-refractivity contribution < 1.29 is 19.1 Å². The number of nitrogens with zero attached hydrogens (tertiary/aromatic N) is 1. The molecule has 0 aromatic heterocycles. The lowest BCUT2D eigenvalue weighted by Gasteiger charge is -2.18. The van der Waals surface area contributed by atoms with Gasteiger partial charge in [-0.25, -0.2) is 0 Å². The predicted octanol–water partition coefficient (Wildman–Crippen LogP) is 4.17. The minimum Gasteiger partial charge on any atom is -0.481 e. The van der Waals surface area contributed by atoms with E-state index in [1.54, 1.807) is 31.2 Å². The number of carbonyl (C=O) groups is 3. The Morgan fingerprint density at radius 3 is 2.27 bits per heavy atom. The molecule has 0 aliphatic carbocycles. The Morgan fingerprint density at radius 1 is 1.03 bits per heavy atom. The number of nitrogens with one attached hydrogen (secondary N) is 1. The molecule has 2 aromatic rings. The maximum absolute atomic E-state index is 12.6. The number of ether oxygens (including phenoxy) is 1. The monoisotopic (exact) mass is 408 g/mol. The number of aryl methyl sites for hydroxylation is 1. The predicted molar refractivity (Wildman–Crippen MR) is 115 cm³/mol. The van der Waals surface area contributed by atoms with Crippen LogP contribution in [0.25, 0.3) is 0 Å². The van der Waals surface area contributed by atoms with Crippen LogP contribution in [0, 0.1) is 6.92 Å². The Labute approximate surface area is 177 Å². The standard InChI is InChI=1S/C24H28N2O4/c1-15(2)19-8-5-16(3)21(13-19)30-17(4)24(29)25-20-9-6-18(7-10-20)14-26-22(27)11-12-23(26)28/h5-10,13,15,17H,11-12,14H2,1-4H3,(H,25,29)/t17-/m1/s1. The molecule has 1 N–H and O–H groups in total. The summed E-state index contributed by atoms with van der Waals surface area (Å²) in [5.41, 5.74) is 3.61. The molecule has 0 spiro atoms. The average Bonchev–Trinajstić information content (AvgIpc) is 3.02. The van der Waals surface area contributed by atoms with E-state index in [-0.39, 0.29) is 37.1 Å². The Balaban J connectivity index is 1.59. The summed E-state index contributed by atoms with van der Waals surface area (Å²) in [5.74, 6) is 0.559. The number of amides is 3. The van der Waals surface area contributed by atoms with E-state index in [2.05, 4.69) is 25.2 Å². The number of benzene rings is 2. The zero-order valence-electron chi connectivity index (χ0n) is 17.9. The minimum atomic E-state index is -0.661. The lowest BCUT2D eigenvalue weighted by Crippen LogP contribution is -2.30. The fourth-order valence-electron chi connectivity index (χ4n) is 3.27. The molecule has 1 fully saturated rings. The molecule has 1 heterocycles. The first-order valence-electron chi connectivity index (χ1n) is 10.2. The molecule has 30 heavy (non-hydrogen) atoms. The van der Waals surface area contributed by atoms with Gasteiger partial charge >= 0.3 is 0 Å². The number of hydrogen-bond donors (Lipinski definition) is 1. The van der Waals surface area contributed by atoms with Crippen molar-refractivity contribution in [1.29, 1.82) is 0 Å². The molecule has 3 rings (SSSR count). The summed E-state index contributed by atoms with van der Waals surface area (Å²) in [7, 11) is 0. The topological polar surface area (TPSA) is 75.7 Å². The van der Waals surface area contributed by atoms with Gasteiger partial charge in [0.25, 0.3) is 5.91 Å². The second-order valence-electron chi connectivity index (χ2n) is 8.00. The summed E-state index contributed by atoms with van der Waals surface area (Å²) in [4.78, 5) is 37.3. The summed E-state index contributed by atoms with van der Waals surface area (Å²) < 4.78 is 5.91. The lowest BCUT2D eigenvalue weighted by atomic mass is 10.0. The van der Waals surface area contributed by atoms with Gasteiger partial charge in [0, 0.05) is 18.5 Å². The van der Waals surface area contributed by atoms with Crippen LogP contribution in [-0.4, -0.2) is 28.7 Å². The zero-order chi connectivity index (χ0) is 21.8. The van der Waals surface area contributed by atoms with Crippen molar-refractivity contribution in [3.63, 3.8) is 0 Å². The Kier molecular flexibility index (Phi) is 6.55. The van der Waals surface area contributed by atoms with Gasteiger partial charge in [-0.15, -0.1) is 0 Å². The SMILES string of the molecule is Cc1ccc(C(C)C)cc1O[C@H](C)C(=O)Nc1ccc(CN2C(=O)CCC2=O)cc1. The highest BCUT2D eigenvalue weighted by molar-refractivity contribution is 6.01. The van der Waals surface area contributed by atoms with Crippen molar-refractivity contribution in [3.8, 4) is 5.75 Å². The first-order valence-corrected chi connectivity index (χ1v) is 10.2. The van der Waals surface area contributed by atoms with E-state index in [9.17, 15) is 14.4 Å². The van der Waals surface area contributed by atoms with Crippen LogP contribution in [0.5, 0.6) is 5.75 Å². The van der Waals surface area contributed by atoms with E-state index in [1.807, 2.05) is 19.1 Å². The number of rotatable bonds is 7. The minimum absolute atomic E-state index is 0.139. The summed E-state index contributed by atoms with van der Waals surface area (Å²) in [6.45, 7) is 8.17. The molecule has 6 nitrogen and oxygen atoms in total. The maximum Gasteiger partial charge on any atom is 0.265 e. The molecule has 1 saturated heterocycles. The van der Waals surface area contributed by atoms with E-state index < -0.39 is 6.10 Å². The quantitative estimate of drug-likeness (QED) is 0.698. The van der Waals surface area contributed by atoms with Crippen LogP contribution in [0.2, 0.25) is 0 Å². The van der Waals surface area contributed by atoms with Gasteiger partial charge in [-0.05, 0) is 54.7 Å². The van der Waals surface area contributed by atoms with Crippen molar-refractivity contribution in [2.24, 2.45) is 0 Å². The molecule has 0 bridgehead atoms. The summed E-state index contributed by atoms with van der Waals surface area (Å²) in [6.07, 6.45) is -0.0971. The lowest BCUT2D eigenvalue weighted by molar-refractivity contribution is -0.139. The molecule has 2 aromatic carbocycles. The maximum atomic E-state index is 12.6. The molecule has 1 aliphatic rings. The van der Waals surface area contributed by atoms with Gasteiger partial charge in [0.05, 0.1) is 6.54 Å². The summed E-state index contributed by atoms with van der Waals surface area (Å²) >= 11 is 0. The molecule has 3 amide bonds. The van der Waals surface area contributed by atoms with Gasteiger partial charge in [0.15, 0.2) is 6.10 Å². The third-order valence-electron chi connectivity index (χ3n) is 5.27. The first-order chi connectivity index (χ1) is 14.2. The van der Waals surface area contributed by atoms with Gasteiger partial charge in [-0.2, -0.15) is 0 Å². The van der Waals surface area contributed by atoms with Crippen molar-refractivity contribution in [1.82, 2.24) is 4.90 Å². The molecule has 0 unspecified atom stereocenters. The summed E-state index contributed by atoms with van der Waals surface area (Å²) in [6, 6.07) is 13.2.